The van der Waals surface area contributed by atoms with Crippen LogP contribution in [0, 0.1) is 6.92 Å². The van der Waals surface area contributed by atoms with Crippen molar-refractivity contribution in [3.05, 3.63) is 53.0 Å². The highest BCUT2D eigenvalue weighted by atomic mass is 32.1. The van der Waals surface area contributed by atoms with E-state index in [9.17, 15) is 5.11 Å². The van der Waals surface area contributed by atoms with E-state index in [1.807, 2.05) is 36.7 Å². The number of phenols is 1. The first-order valence-corrected chi connectivity index (χ1v) is 7.21. The summed E-state index contributed by atoms with van der Waals surface area (Å²) in [5.41, 5.74) is 3.92. The Labute approximate surface area is 121 Å². The van der Waals surface area contributed by atoms with Gasteiger partial charge in [0.05, 0.1) is 16.8 Å². The smallest absolute Gasteiger partial charge is 0.120 e. The van der Waals surface area contributed by atoms with Crippen LogP contribution >= 0.6 is 11.3 Å². The monoisotopic (exact) mass is 285 g/mol. The molecule has 2 heterocycles. The van der Waals surface area contributed by atoms with Crippen molar-refractivity contribution >= 4 is 17.0 Å². The van der Waals surface area contributed by atoms with Crippen molar-refractivity contribution in [2.75, 3.05) is 5.32 Å². The number of aromatic amines is 1. The average Bonchev–Trinajstić information content (AvgIpc) is 3.09. The number of hydrogen-bond donors (Lipinski definition) is 3. The van der Waals surface area contributed by atoms with Crippen LogP contribution in [-0.2, 0) is 6.54 Å². The Hall–Kier alpha value is -2.27. The molecule has 3 aromatic rings. The van der Waals surface area contributed by atoms with Crippen molar-refractivity contribution in [1.82, 2.24) is 10.2 Å². The van der Waals surface area contributed by atoms with Gasteiger partial charge in [-0.1, -0.05) is 12.1 Å². The van der Waals surface area contributed by atoms with Crippen LogP contribution in [0.25, 0.3) is 10.6 Å². The van der Waals surface area contributed by atoms with Crippen molar-refractivity contribution in [2.45, 2.75) is 13.5 Å². The summed E-state index contributed by atoms with van der Waals surface area (Å²) in [6, 6.07) is 9.68. The number of H-pyrrole nitrogens is 1. The van der Waals surface area contributed by atoms with Gasteiger partial charge in [0.15, 0.2) is 0 Å². The molecule has 0 saturated heterocycles. The number of nitrogens with one attached hydrogen (secondary N) is 2. The Morgan fingerprint density at radius 2 is 2.25 bits per heavy atom. The van der Waals surface area contributed by atoms with Crippen LogP contribution in [0.4, 0.5) is 5.69 Å². The van der Waals surface area contributed by atoms with Gasteiger partial charge >= 0.3 is 0 Å². The van der Waals surface area contributed by atoms with Crippen molar-refractivity contribution in [3.8, 4) is 16.3 Å². The van der Waals surface area contributed by atoms with E-state index < -0.39 is 0 Å². The number of aromatic hydroxyl groups is 1. The van der Waals surface area contributed by atoms with Gasteiger partial charge < -0.3 is 10.4 Å². The van der Waals surface area contributed by atoms with Gasteiger partial charge in [-0.25, -0.2) is 0 Å². The van der Waals surface area contributed by atoms with Gasteiger partial charge in [-0.2, -0.15) is 5.10 Å². The SMILES string of the molecule is Cc1ccc(NCc2cn[nH]c2-c2cccs2)cc1O. The highest BCUT2D eigenvalue weighted by Crippen LogP contribution is 2.27. The fourth-order valence-corrected chi connectivity index (χ4v) is 2.75. The molecular formula is C15H15N3OS. The maximum atomic E-state index is 9.71. The minimum Gasteiger partial charge on any atom is -0.508 e. The molecule has 20 heavy (non-hydrogen) atoms. The summed E-state index contributed by atoms with van der Waals surface area (Å²) in [5, 5.41) is 22.2. The standard InChI is InChI=1S/C15H15N3OS/c1-10-4-5-12(7-13(10)19)16-8-11-9-17-18-15(11)14-3-2-6-20-14/h2-7,9,16,19H,8H2,1H3,(H,17,18). The molecule has 5 heteroatoms. The molecule has 3 rings (SSSR count). The Balaban J connectivity index is 1.76. The molecule has 0 aliphatic carbocycles. The van der Waals surface area contributed by atoms with E-state index in [1.165, 1.54) is 4.88 Å². The first kappa shape index (κ1) is 12.7. The Morgan fingerprint density at radius 1 is 1.35 bits per heavy atom. The van der Waals surface area contributed by atoms with Gasteiger partial charge in [-0.05, 0) is 30.0 Å². The third-order valence-electron chi connectivity index (χ3n) is 3.18. The van der Waals surface area contributed by atoms with Gasteiger partial charge in [0, 0.05) is 23.9 Å². The predicted octanol–water partition coefficient (Wildman–Crippen LogP) is 3.76. The van der Waals surface area contributed by atoms with E-state index in [0.717, 1.165) is 22.5 Å². The van der Waals surface area contributed by atoms with E-state index in [2.05, 4.69) is 21.6 Å². The van der Waals surface area contributed by atoms with Crippen LogP contribution in [0.5, 0.6) is 5.75 Å². The molecule has 0 saturated carbocycles. The fraction of sp³-hybridized carbons (Fsp3) is 0.133. The van der Waals surface area contributed by atoms with Gasteiger partial charge in [-0.3, -0.25) is 5.10 Å². The lowest BCUT2D eigenvalue weighted by Crippen LogP contribution is -1.99. The lowest BCUT2D eigenvalue weighted by atomic mass is 10.2. The van der Waals surface area contributed by atoms with Crippen LogP contribution in [-0.4, -0.2) is 15.3 Å². The molecule has 102 valence electrons. The lowest BCUT2D eigenvalue weighted by molar-refractivity contribution is 0.471. The van der Waals surface area contributed by atoms with Crippen LogP contribution < -0.4 is 5.32 Å². The molecule has 0 unspecified atom stereocenters. The van der Waals surface area contributed by atoms with Gasteiger partial charge in [0.1, 0.15) is 5.75 Å². The zero-order chi connectivity index (χ0) is 13.9. The third kappa shape index (κ3) is 2.53. The second-order valence-corrected chi connectivity index (χ2v) is 5.55. The molecule has 0 fully saturated rings. The summed E-state index contributed by atoms with van der Waals surface area (Å²) in [6.45, 7) is 2.54. The Kier molecular flexibility index (Phi) is 3.43. The van der Waals surface area contributed by atoms with E-state index >= 15 is 0 Å². The molecule has 4 nitrogen and oxygen atoms in total. The van der Waals surface area contributed by atoms with Gasteiger partial charge in [0.25, 0.3) is 0 Å². The van der Waals surface area contributed by atoms with Crippen LogP contribution in [0.1, 0.15) is 11.1 Å². The average molecular weight is 285 g/mol. The van der Waals surface area contributed by atoms with Crippen molar-refractivity contribution < 1.29 is 5.11 Å². The second kappa shape index (κ2) is 5.38. The summed E-state index contributed by atoms with van der Waals surface area (Å²) in [5.74, 6) is 0.306. The predicted molar refractivity (Wildman–Crippen MR) is 82.1 cm³/mol. The third-order valence-corrected chi connectivity index (χ3v) is 4.06. The topological polar surface area (TPSA) is 60.9 Å². The highest BCUT2D eigenvalue weighted by Gasteiger charge is 2.08. The molecule has 0 amide bonds. The maximum Gasteiger partial charge on any atom is 0.120 e. The first-order valence-electron chi connectivity index (χ1n) is 6.33. The molecule has 1 aromatic carbocycles. The zero-order valence-corrected chi connectivity index (χ0v) is 11.9. The Bertz CT molecular complexity index is 704. The second-order valence-electron chi connectivity index (χ2n) is 4.60. The zero-order valence-electron chi connectivity index (χ0n) is 11.1. The maximum absolute atomic E-state index is 9.71. The molecule has 0 aliphatic rings. The molecular weight excluding hydrogens is 270 g/mol. The molecule has 0 atom stereocenters. The number of rotatable bonds is 4. The summed E-state index contributed by atoms with van der Waals surface area (Å²) in [4.78, 5) is 1.17. The van der Waals surface area contributed by atoms with Gasteiger partial charge in [0.2, 0.25) is 0 Å². The van der Waals surface area contributed by atoms with E-state index in [-0.39, 0.29) is 0 Å². The summed E-state index contributed by atoms with van der Waals surface area (Å²) in [7, 11) is 0. The molecule has 3 N–H and O–H groups in total. The fourth-order valence-electron chi connectivity index (χ4n) is 2.00. The number of aromatic nitrogens is 2. The molecule has 0 spiro atoms. The van der Waals surface area contributed by atoms with E-state index in [4.69, 9.17) is 0 Å². The number of nitrogens with zero attached hydrogens (tertiary/aromatic N) is 1. The van der Waals surface area contributed by atoms with E-state index in [0.29, 0.717) is 12.3 Å². The van der Waals surface area contributed by atoms with Crippen LogP contribution in [0.2, 0.25) is 0 Å². The number of phenolic OH excluding ortho intramolecular Hbond substituents is 1. The largest absolute Gasteiger partial charge is 0.508 e. The van der Waals surface area contributed by atoms with E-state index in [1.54, 1.807) is 17.4 Å². The van der Waals surface area contributed by atoms with Crippen LogP contribution in [0.15, 0.2) is 41.9 Å². The number of benzene rings is 1. The number of aryl methyl sites for hydroxylation is 1. The normalized spacial score (nSPS) is 10.7. The molecule has 0 radical (unpaired) electrons. The number of anilines is 1. The first-order chi connectivity index (χ1) is 9.74. The quantitative estimate of drug-likeness (QED) is 0.684. The van der Waals surface area contributed by atoms with Crippen molar-refractivity contribution in [1.29, 1.82) is 0 Å². The lowest BCUT2D eigenvalue weighted by Gasteiger charge is -2.08. The number of hydrogen-bond acceptors (Lipinski definition) is 4. The summed E-state index contributed by atoms with van der Waals surface area (Å²) >= 11 is 1.68. The molecule has 0 bridgehead atoms. The minimum absolute atomic E-state index is 0.306. The van der Waals surface area contributed by atoms with Gasteiger partial charge in [-0.15, -0.1) is 11.3 Å². The summed E-state index contributed by atoms with van der Waals surface area (Å²) in [6.07, 6.45) is 1.83. The highest BCUT2D eigenvalue weighted by molar-refractivity contribution is 7.13. The molecule has 2 aromatic heterocycles. The summed E-state index contributed by atoms with van der Waals surface area (Å²) < 4.78 is 0. The molecule has 0 aliphatic heterocycles. The van der Waals surface area contributed by atoms with Crippen molar-refractivity contribution in [3.63, 3.8) is 0 Å². The Morgan fingerprint density at radius 3 is 3.00 bits per heavy atom. The van der Waals surface area contributed by atoms with Crippen molar-refractivity contribution in [2.24, 2.45) is 0 Å². The minimum atomic E-state index is 0.306. The van der Waals surface area contributed by atoms with Crippen LogP contribution in [0.3, 0.4) is 0 Å². The number of thiophene rings is 1.